The van der Waals surface area contributed by atoms with Crippen molar-refractivity contribution >= 4 is 17.6 Å². The van der Waals surface area contributed by atoms with Crippen LogP contribution in [0.1, 0.15) is 48.0 Å². The van der Waals surface area contributed by atoms with E-state index in [2.05, 4.69) is 29.3 Å². The van der Waals surface area contributed by atoms with Crippen LogP contribution in [0.15, 0.2) is 83.4 Å². The van der Waals surface area contributed by atoms with Gasteiger partial charge in [0.1, 0.15) is 5.75 Å². The number of hydrogen-bond acceptors (Lipinski definition) is 6. The minimum absolute atomic E-state index is 0.0976. The van der Waals surface area contributed by atoms with Gasteiger partial charge in [0.2, 0.25) is 11.7 Å². The summed E-state index contributed by atoms with van der Waals surface area (Å²) in [6, 6.07) is 23.6. The molecule has 1 amide bonds. The number of anilines is 1. The van der Waals surface area contributed by atoms with Crippen LogP contribution in [0.4, 0.5) is 5.69 Å². The maximum Gasteiger partial charge on any atom is 0.311 e. The van der Waals surface area contributed by atoms with Gasteiger partial charge in [0.05, 0.1) is 6.42 Å². The Hall–Kier alpha value is -4.26. The van der Waals surface area contributed by atoms with Crippen molar-refractivity contribution in [2.75, 3.05) is 5.32 Å². The molecule has 0 bridgehead atoms. The Morgan fingerprint density at radius 1 is 0.941 bits per heavy atom. The molecule has 0 spiro atoms. The summed E-state index contributed by atoms with van der Waals surface area (Å²) in [5.74, 6) is 1.08. The second kappa shape index (κ2) is 10.6. The highest BCUT2D eigenvalue weighted by molar-refractivity contribution is 6.04. The summed E-state index contributed by atoms with van der Waals surface area (Å²) in [6.45, 7) is 4.28. The van der Waals surface area contributed by atoms with Crippen LogP contribution in [0, 0.1) is 0 Å². The van der Waals surface area contributed by atoms with E-state index >= 15 is 0 Å². The summed E-state index contributed by atoms with van der Waals surface area (Å²) in [5, 5.41) is 6.81. The number of nitrogens with one attached hydrogen (secondary N) is 1. The van der Waals surface area contributed by atoms with Crippen molar-refractivity contribution in [3.63, 3.8) is 0 Å². The number of nitrogens with zero attached hydrogens (tertiary/aromatic N) is 2. The van der Waals surface area contributed by atoms with Gasteiger partial charge < -0.3 is 14.6 Å². The lowest BCUT2D eigenvalue weighted by molar-refractivity contribution is -0.134. The van der Waals surface area contributed by atoms with Crippen LogP contribution in [0.2, 0.25) is 0 Å². The van der Waals surface area contributed by atoms with Crippen LogP contribution in [0.3, 0.4) is 0 Å². The summed E-state index contributed by atoms with van der Waals surface area (Å²) < 4.78 is 10.6. The molecule has 1 N–H and O–H groups in total. The summed E-state index contributed by atoms with van der Waals surface area (Å²) in [6.07, 6.45) is 0.377. The number of rotatable bonds is 8. The maximum atomic E-state index is 12.2. The van der Waals surface area contributed by atoms with Gasteiger partial charge in [0.25, 0.3) is 5.91 Å². The Morgan fingerprint density at radius 3 is 2.32 bits per heavy atom. The highest BCUT2D eigenvalue weighted by Gasteiger charge is 2.13. The second-order valence-corrected chi connectivity index (χ2v) is 8.11. The smallest absolute Gasteiger partial charge is 0.311 e. The third-order valence-electron chi connectivity index (χ3n) is 5.23. The molecule has 0 aliphatic carbocycles. The first kappa shape index (κ1) is 22.9. The first-order valence-corrected chi connectivity index (χ1v) is 11.1. The SMILES string of the molecule is CC(C)c1ccc(-c2noc(CCC(=O)Oc3ccc(NC(=O)c4ccccc4)cc3)n2)cc1. The summed E-state index contributed by atoms with van der Waals surface area (Å²) in [7, 11) is 0. The zero-order valence-electron chi connectivity index (χ0n) is 19.0. The largest absolute Gasteiger partial charge is 0.427 e. The predicted molar refractivity (Wildman–Crippen MR) is 129 cm³/mol. The lowest BCUT2D eigenvalue weighted by Gasteiger charge is -2.07. The lowest BCUT2D eigenvalue weighted by Crippen LogP contribution is -2.12. The number of aryl methyl sites for hydroxylation is 1. The van der Waals surface area contributed by atoms with Gasteiger partial charge in [-0.25, -0.2) is 0 Å². The molecule has 0 atom stereocenters. The van der Waals surface area contributed by atoms with E-state index in [9.17, 15) is 9.59 Å². The molecular formula is C27H25N3O4. The van der Waals surface area contributed by atoms with E-state index in [-0.39, 0.29) is 18.7 Å². The molecule has 0 fully saturated rings. The van der Waals surface area contributed by atoms with E-state index in [1.807, 2.05) is 30.3 Å². The fourth-order valence-corrected chi connectivity index (χ4v) is 3.28. The molecule has 0 saturated heterocycles. The van der Waals surface area contributed by atoms with Gasteiger partial charge in [0, 0.05) is 23.2 Å². The Morgan fingerprint density at radius 2 is 1.65 bits per heavy atom. The zero-order valence-corrected chi connectivity index (χ0v) is 19.0. The van der Waals surface area contributed by atoms with Crippen molar-refractivity contribution in [1.29, 1.82) is 0 Å². The van der Waals surface area contributed by atoms with Crippen LogP contribution in [-0.4, -0.2) is 22.0 Å². The van der Waals surface area contributed by atoms with Crippen LogP contribution >= 0.6 is 0 Å². The molecule has 4 aromatic rings. The van der Waals surface area contributed by atoms with E-state index in [0.717, 1.165) is 5.56 Å². The topological polar surface area (TPSA) is 94.3 Å². The fraction of sp³-hybridized carbons (Fsp3) is 0.185. The van der Waals surface area contributed by atoms with E-state index in [1.165, 1.54) is 5.56 Å². The van der Waals surface area contributed by atoms with Gasteiger partial charge in [-0.2, -0.15) is 4.98 Å². The number of carbonyl (C=O) groups is 2. The molecule has 1 heterocycles. The van der Waals surface area contributed by atoms with Crippen molar-refractivity contribution in [2.24, 2.45) is 0 Å². The fourth-order valence-electron chi connectivity index (χ4n) is 3.28. The highest BCUT2D eigenvalue weighted by Crippen LogP contribution is 2.21. The monoisotopic (exact) mass is 455 g/mol. The zero-order chi connectivity index (χ0) is 23.9. The van der Waals surface area contributed by atoms with E-state index in [4.69, 9.17) is 9.26 Å². The number of aromatic nitrogens is 2. The minimum atomic E-state index is -0.415. The quantitative estimate of drug-likeness (QED) is 0.272. The third kappa shape index (κ3) is 5.95. The molecule has 4 rings (SSSR count). The molecule has 0 saturated carbocycles. The summed E-state index contributed by atoms with van der Waals surface area (Å²) in [5.41, 5.74) is 3.27. The number of ether oxygens (including phenoxy) is 1. The molecule has 0 aliphatic heterocycles. The Labute approximate surface area is 197 Å². The summed E-state index contributed by atoms with van der Waals surface area (Å²) >= 11 is 0. The molecule has 7 nitrogen and oxygen atoms in total. The predicted octanol–water partition coefficient (Wildman–Crippen LogP) is 5.65. The van der Waals surface area contributed by atoms with Crippen molar-refractivity contribution in [3.05, 3.63) is 95.9 Å². The number of hydrogen-bond donors (Lipinski definition) is 1. The highest BCUT2D eigenvalue weighted by atomic mass is 16.5. The van der Waals surface area contributed by atoms with Crippen molar-refractivity contribution < 1.29 is 18.8 Å². The standard InChI is InChI=1S/C27H25N3O4/c1-18(2)19-8-10-20(11-9-19)26-29-24(34-30-26)16-17-25(31)33-23-14-12-22(13-15-23)28-27(32)21-6-4-3-5-7-21/h3-15,18H,16-17H2,1-2H3,(H,28,32). The molecule has 1 aromatic heterocycles. The van der Waals surface area contributed by atoms with Gasteiger partial charge in [-0.05, 0) is 47.9 Å². The van der Waals surface area contributed by atoms with Crippen molar-refractivity contribution in [2.45, 2.75) is 32.6 Å². The molecule has 7 heteroatoms. The van der Waals surface area contributed by atoms with E-state index in [0.29, 0.717) is 34.6 Å². The molecule has 3 aromatic carbocycles. The first-order valence-electron chi connectivity index (χ1n) is 11.1. The van der Waals surface area contributed by atoms with E-state index < -0.39 is 5.97 Å². The Balaban J connectivity index is 1.27. The second-order valence-electron chi connectivity index (χ2n) is 8.11. The first-order chi connectivity index (χ1) is 16.5. The molecule has 34 heavy (non-hydrogen) atoms. The maximum absolute atomic E-state index is 12.2. The molecular weight excluding hydrogens is 430 g/mol. The Kier molecular flexibility index (Phi) is 7.13. The van der Waals surface area contributed by atoms with Crippen LogP contribution < -0.4 is 10.1 Å². The van der Waals surface area contributed by atoms with Crippen molar-refractivity contribution in [1.82, 2.24) is 10.1 Å². The van der Waals surface area contributed by atoms with Gasteiger partial charge in [-0.15, -0.1) is 0 Å². The average Bonchev–Trinajstić information content (AvgIpc) is 3.34. The molecule has 0 radical (unpaired) electrons. The Bertz CT molecular complexity index is 1250. The van der Waals surface area contributed by atoms with E-state index in [1.54, 1.807) is 48.5 Å². The normalized spacial score (nSPS) is 10.8. The van der Waals surface area contributed by atoms with Crippen molar-refractivity contribution in [3.8, 4) is 17.1 Å². The van der Waals surface area contributed by atoms with Gasteiger partial charge in [0.15, 0.2) is 0 Å². The summed E-state index contributed by atoms with van der Waals surface area (Å²) in [4.78, 5) is 28.8. The van der Waals surface area contributed by atoms with Crippen LogP contribution in [0.25, 0.3) is 11.4 Å². The third-order valence-corrected chi connectivity index (χ3v) is 5.23. The number of carbonyl (C=O) groups excluding carboxylic acids is 2. The average molecular weight is 456 g/mol. The molecule has 0 aliphatic rings. The minimum Gasteiger partial charge on any atom is -0.427 e. The van der Waals surface area contributed by atoms with Gasteiger partial charge in [-0.1, -0.05) is 61.5 Å². The molecule has 172 valence electrons. The number of esters is 1. The van der Waals surface area contributed by atoms with Crippen LogP contribution in [0.5, 0.6) is 5.75 Å². The lowest BCUT2D eigenvalue weighted by atomic mass is 10.0. The number of benzene rings is 3. The van der Waals surface area contributed by atoms with Crippen LogP contribution in [-0.2, 0) is 11.2 Å². The van der Waals surface area contributed by atoms with Gasteiger partial charge in [-0.3, -0.25) is 9.59 Å². The van der Waals surface area contributed by atoms with Gasteiger partial charge >= 0.3 is 5.97 Å². The number of amides is 1. The molecule has 0 unspecified atom stereocenters.